The van der Waals surface area contributed by atoms with E-state index in [0.717, 1.165) is 38.5 Å². The molecule has 98 valence electrons. The first-order chi connectivity index (χ1) is 8.70. The molecule has 6 heteroatoms. The average molecular weight is 249 g/mol. The molecule has 0 bridgehead atoms. The number of nitrogen functional groups attached to an aromatic ring is 1. The number of nitrogens with two attached hydrogens (primary N) is 1. The summed E-state index contributed by atoms with van der Waals surface area (Å²) in [5.41, 5.74) is 6.04. The molecule has 0 amide bonds. The highest BCUT2D eigenvalue weighted by atomic mass is 16.3. The predicted molar refractivity (Wildman–Crippen MR) is 71.0 cm³/mol. The molecule has 1 fully saturated rings. The largest absolute Gasteiger partial charge is 0.395 e. The maximum Gasteiger partial charge on any atom is 0.128 e. The Morgan fingerprint density at radius 1 is 1.33 bits per heavy atom. The number of aliphatic hydroxyl groups excluding tert-OH is 1. The first-order valence-corrected chi connectivity index (χ1v) is 6.09. The SMILES string of the molecule is N=C(N)c1ccc(N2CCN(CCO)CC2)nc1. The molecule has 2 heterocycles. The van der Waals surface area contributed by atoms with Crippen molar-refractivity contribution < 1.29 is 5.11 Å². The molecule has 0 aromatic carbocycles. The summed E-state index contributed by atoms with van der Waals surface area (Å²) in [6.07, 6.45) is 1.64. The molecule has 0 atom stereocenters. The number of nitrogens with one attached hydrogen (secondary N) is 1. The second-order valence-corrected chi connectivity index (χ2v) is 4.37. The van der Waals surface area contributed by atoms with E-state index in [1.165, 1.54) is 0 Å². The Labute approximate surface area is 107 Å². The summed E-state index contributed by atoms with van der Waals surface area (Å²) in [6, 6.07) is 3.73. The lowest BCUT2D eigenvalue weighted by molar-refractivity contribution is 0.188. The number of hydrogen-bond acceptors (Lipinski definition) is 5. The number of piperazine rings is 1. The van der Waals surface area contributed by atoms with Gasteiger partial charge in [-0.05, 0) is 12.1 Å². The highest BCUT2D eigenvalue weighted by Gasteiger charge is 2.17. The van der Waals surface area contributed by atoms with E-state index >= 15 is 0 Å². The first-order valence-electron chi connectivity index (χ1n) is 6.09. The van der Waals surface area contributed by atoms with Gasteiger partial charge < -0.3 is 15.7 Å². The molecule has 1 aromatic heterocycles. The fraction of sp³-hybridized carbons (Fsp3) is 0.500. The van der Waals surface area contributed by atoms with Crippen molar-refractivity contribution in [3.05, 3.63) is 23.9 Å². The van der Waals surface area contributed by atoms with Gasteiger partial charge in [0.05, 0.1) is 6.61 Å². The van der Waals surface area contributed by atoms with E-state index in [1.54, 1.807) is 6.20 Å². The molecule has 2 rings (SSSR count). The van der Waals surface area contributed by atoms with E-state index in [1.807, 2.05) is 12.1 Å². The highest BCUT2D eigenvalue weighted by Crippen LogP contribution is 2.13. The number of pyridine rings is 1. The topological polar surface area (TPSA) is 89.5 Å². The summed E-state index contributed by atoms with van der Waals surface area (Å²) in [5, 5.41) is 16.2. The van der Waals surface area contributed by atoms with Crippen molar-refractivity contribution in [3.63, 3.8) is 0 Å². The average Bonchev–Trinajstić information content (AvgIpc) is 2.40. The summed E-state index contributed by atoms with van der Waals surface area (Å²) in [4.78, 5) is 8.77. The monoisotopic (exact) mass is 249 g/mol. The standard InChI is InChI=1S/C12H19N5O/c13-12(14)10-1-2-11(15-9-10)17-5-3-16(4-6-17)7-8-18/h1-2,9,18H,3-8H2,(H3,13,14). The Hall–Kier alpha value is -1.66. The lowest BCUT2D eigenvalue weighted by Gasteiger charge is -2.35. The van der Waals surface area contributed by atoms with E-state index in [0.29, 0.717) is 5.56 Å². The van der Waals surface area contributed by atoms with Gasteiger partial charge in [0.2, 0.25) is 0 Å². The second-order valence-electron chi connectivity index (χ2n) is 4.37. The second kappa shape index (κ2) is 5.79. The van der Waals surface area contributed by atoms with Gasteiger partial charge in [-0.3, -0.25) is 10.3 Å². The first kappa shape index (κ1) is 12.8. The Kier molecular flexibility index (Phi) is 4.11. The maximum atomic E-state index is 8.88. The fourth-order valence-corrected chi connectivity index (χ4v) is 2.07. The molecule has 0 spiro atoms. The molecule has 1 aromatic rings. The van der Waals surface area contributed by atoms with Crippen LogP contribution in [0.1, 0.15) is 5.56 Å². The third kappa shape index (κ3) is 2.96. The molecule has 4 N–H and O–H groups in total. The van der Waals surface area contributed by atoms with E-state index in [2.05, 4.69) is 14.8 Å². The number of aliphatic hydroxyl groups is 1. The number of hydrogen-bond donors (Lipinski definition) is 3. The van der Waals surface area contributed by atoms with Crippen LogP contribution >= 0.6 is 0 Å². The van der Waals surface area contributed by atoms with Crippen LogP contribution in [-0.4, -0.2) is 60.2 Å². The molecule has 18 heavy (non-hydrogen) atoms. The van der Waals surface area contributed by atoms with Gasteiger partial charge in [-0.2, -0.15) is 0 Å². The minimum Gasteiger partial charge on any atom is -0.395 e. The van der Waals surface area contributed by atoms with E-state index in [-0.39, 0.29) is 12.4 Å². The van der Waals surface area contributed by atoms with Crippen LogP contribution in [0.2, 0.25) is 0 Å². The molecule has 1 aliphatic rings. The molecule has 0 aliphatic carbocycles. The van der Waals surface area contributed by atoms with Gasteiger partial charge in [-0.1, -0.05) is 0 Å². The van der Waals surface area contributed by atoms with E-state index in [9.17, 15) is 0 Å². The van der Waals surface area contributed by atoms with Crippen LogP contribution in [0.15, 0.2) is 18.3 Å². The maximum absolute atomic E-state index is 8.88. The molecular formula is C12H19N5O. The summed E-state index contributed by atoms with van der Waals surface area (Å²) < 4.78 is 0. The molecule has 6 nitrogen and oxygen atoms in total. The van der Waals surface area contributed by atoms with Crippen molar-refractivity contribution in [1.29, 1.82) is 5.41 Å². The van der Waals surface area contributed by atoms with Gasteiger partial charge in [0.1, 0.15) is 11.7 Å². The van der Waals surface area contributed by atoms with Crippen LogP contribution in [0.5, 0.6) is 0 Å². The van der Waals surface area contributed by atoms with Crippen molar-refractivity contribution in [2.45, 2.75) is 0 Å². The summed E-state index contributed by atoms with van der Waals surface area (Å²) in [5.74, 6) is 0.963. The zero-order valence-corrected chi connectivity index (χ0v) is 10.3. The van der Waals surface area contributed by atoms with Crippen LogP contribution < -0.4 is 10.6 Å². The van der Waals surface area contributed by atoms with Crippen molar-refractivity contribution in [2.24, 2.45) is 5.73 Å². The Morgan fingerprint density at radius 3 is 2.56 bits per heavy atom. The normalized spacial score (nSPS) is 16.8. The quantitative estimate of drug-likeness (QED) is 0.493. The lowest BCUT2D eigenvalue weighted by Crippen LogP contribution is -2.47. The van der Waals surface area contributed by atoms with Gasteiger partial charge in [0, 0.05) is 44.5 Å². The van der Waals surface area contributed by atoms with Crippen molar-refractivity contribution in [1.82, 2.24) is 9.88 Å². The molecule has 0 radical (unpaired) electrons. The van der Waals surface area contributed by atoms with E-state index < -0.39 is 0 Å². The zero-order chi connectivity index (χ0) is 13.0. The number of β-amino-alcohol motifs (C(OH)–C–C–N with tert-alkyl or cyclic N) is 1. The number of anilines is 1. The molecule has 1 aliphatic heterocycles. The smallest absolute Gasteiger partial charge is 0.128 e. The van der Waals surface area contributed by atoms with Gasteiger partial charge >= 0.3 is 0 Å². The van der Waals surface area contributed by atoms with Gasteiger partial charge in [-0.15, -0.1) is 0 Å². The number of amidine groups is 1. The minimum absolute atomic E-state index is 0.0433. The van der Waals surface area contributed by atoms with Crippen LogP contribution in [0.25, 0.3) is 0 Å². The number of nitrogens with zero attached hydrogens (tertiary/aromatic N) is 3. The van der Waals surface area contributed by atoms with Crippen molar-refractivity contribution >= 4 is 11.7 Å². The highest BCUT2D eigenvalue weighted by molar-refractivity contribution is 5.94. The van der Waals surface area contributed by atoms with Gasteiger partial charge in [0.15, 0.2) is 0 Å². The van der Waals surface area contributed by atoms with Crippen LogP contribution in [0.4, 0.5) is 5.82 Å². The lowest BCUT2D eigenvalue weighted by atomic mass is 10.2. The minimum atomic E-state index is 0.0433. The molecule has 1 saturated heterocycles. The van der Waals surface area contributed by atoms with Crippen LogP contribution in [-0.2, 0) is 0 Å². The fourth-order valence-electron chi connectivity index (χ4n) is 2.07. The summed E-state index contributed by atoms with van der Waals surface area (Å²) in [6.45, 7) is 4.66. The molecule has 0 unspecified atom stereocenters. The Balaban J connectivity index is 1.95. The van der Waals surface area contributed by atoms with Gasteiger partial charge in [-0.25, -0.2) is 4.98 Å². The van der Waals surface area contributed by atoms with Crippen LogP contribution in [0.3, 0.4) is 0 Å². The third-order valence-corrected chi connectivity index (χ3v) is 3.17. The zero-order valence-electron chi connectivity index (χ0n) is 10.3. The van der Waals surface area contributed by atoms with Gasteiger partial charge in [0.25, 0.3) is 0 Å². The number of aromatic nitrogens is 1. The Bertz CT molecular complexity index is 397. The Morgan fingerprint density at radius 2 is 2.06 bits per heavy atom. The molecular weight excluding hydrogens is 230 g/mol. The van der Waals surface area contributed by atoms with E-state index in [4.69, 9.17) is 16.2 Å². The summed E-state index contributed by atoms with van der Waals surface area (Å²) >= 11 is 0. The van der Waals surface area contributed by atoms with Crippen molar-refractivity contribution in [2.75, 3.05) is 44.2 Å². The van der Waals surface area contributed by atoms with Crippen molar-refractivity contribution in [3.8, 4) is 0 Å². The third-order valence-electron chi connectivity index (χ3n) is 3.17. The summed E-state index contributed by atoms with van der Waals surface area (Å²) in [7, 11) is 0. The van der Waals surface area contributed by atoms with Crippen LogP contribution in [0, 0.1) is 5.41 Å². The molecule has 0 saturated carbocycles. The number of rotatable bonds is 4. The predicted octanol–water partition coefficient (Wildman–Crippen LogP) is -0.520.